The molecule has 0 spiro atoms. The third-order valence-electron chi connectivity index (χ3n) is 13.0. The number of benzene rings is 2. The molecule has 2 aliphatic carbocycles. The zero-order valence-corrected chi connectivity index (χ0v) is 36.1. The lowest BCUT2D eigenvalue weighted by Gasteiger charge is -2.37. The molecule has 316 valence electrons. The SMILES string of the molecule is C=C(C)C(=O)OCCCc1cc(-c2ccc(C3CCC(C4CCC(C)CC4)CC3)cc2CC)cc(CCCOC(=O)C(=C)C)c1OCCC(CO)(CO)CCCC. The molecular weight excluding hydrogens is 713 g/mol. The molecule has 2 saturated carbocycles. The summed E-state index contributed by atoms with van der Waals surface area (Å²) in [6.07, 6.45) is 17.4. The van der Waals surface area contributed by atoms with Crippen LogP contribution in [-0.2, 0) is 38.3 Å². The lowest BCUT2D eigenvalue weighted by atomic mass is 9.68. The maximum Gasteiger partial charge on any atom is 0.333 e. The second-order valence-electron chi connectivity index (χ2n) is 17.6. The van der Waals surface area contributed by atoms with Crippen LogP contribution in [0.25, 0.3) is 11.1 Å². The number of hydrogen-bond acceptors (Lipinski definition) is 7. The molecule has 57 heavy (non-hydrogen) atoms. The van der Waals surface area contributed by atoms with Crippen molar-refractivity contribution < 1.29 is 34.0 Å². The van der Waals surface area contributed by atoms with Crippen LogP contribution in [0.15, 0.2) is 54.6 Å². The van der Waals surface area contributed by atoms with Gasteiger partial charge in [0.25, 0.3) is 0 Å². The molecule has 0 aromatic heterocycles. The lowest BCUT2D eigenvalue weighted by molar-refractivity contribution is -0.139. The third kappa shape index (κ3) is 13.6. The van der Waals surface area contributed by atoms with E-state index in [1.807, 2.05) is 0 Å². The second kappa shape index (κ2) is 23.2. The summed E-state index contributed by atoms with van der Waals surface area (Å²) in [6, 6.07) is 11.6. The van der Waals surface area contributed by atoms with Gasteiger partial charge in [-0.05, 0) is 167 Å². The highest BCUT2D eigenvalue weighted by Crippen LogP contribution is 2.45. The minimum absolute atomic E-state index is 0.106. The number of aryl methyl sites for hydroxylation is 3. The molecule has 0 atom stereocenters. The van der Waals surface area contributed by atoms with E-state index < -0.39 is 17.4 Å². The van der Waals surface area contributed by atoms with Crippen molar-refractivity contribution in [2.75, 3.05) is 33.0 Å². The summed E-state index contributed by atoms with van der Waals surface area (Å²) in [7, 11) is 0. The minimum atomic E-state index is -0.616. The van der Waals surface area contributed by atoms with E-state index in [1.165, 1.54) is 68.1 Å². The van der Waals surface area contributed by atoms with Crippen molar-refractivity contribution in [2.24, 2.45) is 23.2 Å². The molecule has 2 aromatic carbocycles. The summed E-state index contributed by atoms with van der Waals surface area (Å²) < 4.78 is 17.6. The van der Waals surface area contributed by atoms with E-state index in [0.29, 0.717) is 55.8 Å². The number of carbonyl (C=O) groups is 2. The fraction of sp³-hybridized carbons (Fsp3) is 0.640. The molecule has 4 rings (SSSR count). The van der Waals surface area contributed by atoms with E-state index in [-0.39, 0.29) is 26.4 Å². The van der Waals surface area contributed by atoms with Crippen molar-refractivity contribution in [3.8, 4) is 16.9 Å². The Balaban J connectivity index is 1.64. The number of unbranched alkanes of at least 4 members (excludes halogenated alkanes) is 1. The molecule has 0 heterocycles. The first kappa shape index (κ1) is 46.3. The summed E-state index contributed by atoms with van der Waals surface area (Å²) in [5.74, 6) is 3.31. The Morgan fingerprint density at radius 1 is 0.719 bits per heavy atom. The largest absolute Gasteiger partial charge is 0.493 e. The van der Waals surface area contributed by atoms with E-state index in [0.717, 1.165) is 65.9 Å². The number of esters is 2. The van der Waals surface area contributed by atoms with Crippen molar-refractivity contribution in [3.05, 3.63) is 76.9 Å². The van der Waals surface area contributed by atoms with E-state index in [9.17, 15) is 19.8 Å². The van der Waals surface area contributed by atoms with Gasteiger partial charge in [-0.3, -0.25) is 0 Å². The molecule has 0 unspecified atom stereocenters. The average Bonchev–Trinajstić information content (AvgIpc) is 3.22. The topological polar surface area (TPSA) is 102 Å². The predicted octanol–water partition coefficient (Wildman–Crippen LogP) is 11.0. The van der Waals surface area contributed by atoms with Gasteiger partial charge in [0.1, 0.15) is 5.75 Å². The van der Waals surface area contributed by atoms with Crippen LogP contribution in [-0.4, -0.2) is 55.2 Å². The molecule has 0 bridgehead atoms. The van der Waals surface area contributed by atoms with Crippen molar-refractivity contribution in [1.29, 1.82) is 0 Å². The maximum absolute atomic E-state index is 12.2. The molecule has 2 N–H and O–H groups in total. The summed E-state index contributed by atoms with van der Waals surface area (Å²) in [4.78, 5) is 24.4. The number of carbonyl (C=O) groups excluding carboxylic acids is 2. The van der Waals surface area contributed by atoms with Gasteiger partial charge in [-0.2, -0.15) is 0 Å². The molecular formula is C50H74O7. The fourth-order valence-corrected chi connectivity index (χ4v) is 9.10. The van der Waals surface area contributed by atoms with Crippen LogP contribution < -0.4 is 4.74 Å². The Hall–Kier alpha value is -3.42. The van der Waals surface area contributed by atoms with Gasteiger partial charge in [-0.25, -0.2) is 9.59 Å². The zero-order chi connectivity index (χ0) is 41.4. The van der Waals surface area contributed by atoms with E-state index in [1.54, 1.807) is 13.8 Å². The van der Waals surface area contributed by atoms with Crippen LogP contribution in [0, 0.1) is 23.2 Å². The molecule has 7 nitrogen and oxygen atoms in total. The van der Waals surface area contributed by atoms with Gasteiger partial charge in [-0.1, -0.05) is 77.8 Å². The first-order valence-electron chi connectivity index (χ1n) is 22.2. The number of aliphatic hydroxyl groups is 2. The van der Waals surface area contributed by atoms with Gasteiger partial charge >= 0.3 is 11.9 Å². The maximum atomic E-state index is 12.2. The number of hydrogen-bond donors (Lipinski definition) is 2. The van der Waals surface area contributed by atoms with Gasteiger partial charge in [0, 0.05) is 16.6 Å². The number of ether oxygens (including phenoxy) is 3. The third-order valence-corrected chi connectivity index (χ3v) is 13.0. The van der Waals surface area contributed by atoms with Crippen molar-refractivity contribution in [3.63, 3.8) is 0 Å². The number of aliphatic hydroxyl groups excluding tert-OH is 2. The standard InChI is InChI=1S/C50H74O7/c1-8-10-25-50(33-51,34-52)26-29-55-47-43(13-11-27-56-48(53)35(3)4)31-45(32-44(47)14-12-28-57-49(54)36(5)6)46-24-23-42(30-38(46)9-2)41-21-19-40(20-22-41)39-17-15-37(7)16-18-39/h23-24,30-32,37,39-41,51-52H,3,5,8-22,25-29,33-34H2,1-2,4,6-7H3. The van der Waals surface area contributed by atoms with Crippen LogP contribution in [0.5, 0.6) is 5.75 Å². The van der Waals surface area contributed by atoms with E-state index in [4.69, 9.17) is 14.2 Å². The van der Waals surface area contributed by atoms with Crippen LogP contribution in [0.4, 0.5) is 0 Å². The van der Waals surface area contributed by atoms with Crippen molar-refractivity contribution in [1.82, 2.24) is 0 Å². The average molecular weight is 787 g/mol. The van der Waals surface area contributed by atoms with E-state index in [2.05, 4.69) is 64.3 Å². The number of rotatable bonds is 23. The highest BCUT2D eigenvalue weighted by Gasteiger charge is 2.31. The lowest BCUT2D eigenvalue weighted by Crippen LogP contribution is -2.32. The van der Waals surface area contributed by atoms with Crippen LogP contribution >= 0.6 is 0 Å². The molecule has 0 radical (unpaired) electrons. The highest BCUT2D eigenvalue weighted by molar-refractivity contribution is 5.87. The van der Waals surface area contributed by atoms with Gasteiger partial charge in [0.15, 0.2) is 0 Å². The van der Waals surface area contributed by atoms with Crippen molar-refractivity contribution >= 4 is 11.9 Å². The summed E-state index contributed by atoms with van der Waals surface area (Å²) in [5.41, 5.74) is 7.28. The Morgan fingerprint density at radius 2 is 1.26 bits per heavy atom. The molecule has 2 aromatic rings. The van der Waals surface area contributed by atoms with Crippen LogP contribution in [0.3, 0.4) is 0 Å². The highest BCUT2D eigenvalue weighted by atomic mass is 16.5. The minimum Gasteiger partial charge on any atom is -0.493 e. The van der Waals surface area contributed by atoms with Gasteiger partial charge < -0.3 is 24.4 Å². The van der Waals surface area contributed by atoms with Crippen LogP contribution in [0.1, 0.15) is 153 Å². The molecule has 7 heteroatoms. The fourth-order valence-electron chi connectivity index (χ4n) is 9.10. The predicted molar refractivity (Wildman–Crippen MR) is 232 cm³/mol. The summed E-state index contributed by atoms with van der Waals surface area (Å²) >= 11 is 0. The molecule has 0 amide bonds. The second-order valence-corrected chi connectivity index (χ2v) is 17.6. The Bertz CT molecular complexity index is 1550. The first-order chi connectivity index (χ1) is 27.4. The quantitative estimate of drug-likeness (QED) is 0.0657. The first-order valence-corrected chi connectivity index (χ1v) is 22.2. The van der Waals surface area contributed by atoms with Gasteiger partial charge in [0.05, 0.1) is 33.0 Å². The van der Waals surface area contributed by atoms with Crippen LogP contribution in [0.2, 0.25) is 0 Å². The zero-order valence-electron chi connectivity index (χ0n) is 36.1. The molecule has 2 fully saturated rings. The van der Waals surface area contributed by atoms with Crippen molar-refractivity contribution in [2.45, 2.75) is 150 Å². The summed E-state index contributed by atoms with van der Waals surface area (Å²) in [5, 5.41) is 20.7. The molecule has 0 saturated heterocycles. The van der Waals surface area contributed by atoms with Gasteiger partial charge in [0.2, 0.25) is 0 Å². The Kier molecular flexibility index (Phi) is 18.9. The Labute approximate surface area is 344 Å². The smallest absolute Gasteiger partial charge is 0.333 e. The van der Waals surface area contributed by atoms with E-state index >= 15 is 0 Å². The molecule has 0 aliphatic heterocycles. The molecule has 2 aliphatic rings. The monoisotopic (exact) mass is 787 g/mol. The normalized spacial score (nSPS) is 19.8. The Morgan fingerprint density at radius 3 is 1.75 bits per heavy atom. The van der Waals surface area contributed by atoms with Gasteiger partial charge in [-0.15, -0.1) is 0 Å². The summed E-state index contributed by atoms with van der Waals surface area (Å²) in [6.45, 7) is 18.1.